The predicted molar refractivity (Wildman–Crippen MR) is 100 cm³/mol. The first kappa shape index (κ1) is 17.4. The second kappa shape index (κ2) is 7.31. The number of carbonyl (C=O) groups is 1. The lowest BCUT2D eigenvalue weighted by molar-refractivity contribution is 0.0894. The summed E-state index contributed by atoms with van der Waals surface area (Å²) in [4.78, 5) is 12.7. The lowest BCUT2D eigenvalue weighted by atomic mass is 9.84. The number of nitrogens with zero attached hydrogens (tertiary/aromatic N) is 2. The largest absolute Gasteiger partial charge is 0.470 e. The number of hydrogen-bond acceptors (Lipinski definition) is 3. The Morgan fingerprint density at radius 3 is 2.92 bits per heavy atom. The Morgan fingerprint density at radius 1 is 1.35 bits per heavy atom. The van der Waals surface area contributed by atoms with E-state index in [1.54, 1.807) is 29.1 Å². The minimum absolute atomic E-state index is 0.0967. The number of benzene rings is 1. The van der Waals surface area contributed by atoms with E-state index < -0.39 is 0 Å². The number of ether oxygens (including phenoxy) is 1. The molecule has 2 aliphatic carbocycles. The van der Waals surface area contributed by atoms with E-state index in [1.165, 1.54) is 25.7 Å². The van der Waals surface area contributed by atoms with Gasteiger partial charge in [-0.3, -0.25) is 4.79 Å². The van der Waals surface area contributed by atoms with Gasteiger partial charge in [0.05, 0.1) is 5.02 Å². The Labute approximate surface area is 158 Å². The first-order chi connectivity index (χ1) is 12.6. The van der Waals surface area contributed by atoms with E-state index in [1.807, 2.05) is 12.1 Å². The SMILES string of the molecule is CC(NC(=O)c1ccnn1COc1ccccc1Cl)C1CC2CCC1C2. The van der Waals surface area contributed by atoms with Crippen molar-refractivity contribution in [2.24, 2.45) is 17.8 Å². The first-order valence-corrected chi connectivity index (χ1v) is 9.69. The monoisotopic (exact) mass is 373 g/mol. The average molecular weight is 374 g/mol. The molecule has 0 spiro atoms. The number of para-hydroxylation sites is 1. The zero-order valence-electron chi connectivity index (χ0n) is 14.9. The van der Waals surface area contributed by atoms with Gasteiger partial charge in [0.25, 0.3) is 5.91 Å². The molecule has 4 unspecified atom stereocenters. The molecule has 1 heterocycles. The smallest absolute Gasteiger partial charge is 0.269 e. The molecule has 1 aromatic carbocycles. The summed E-state index contributed by atoms with van der Waals surface area (Å²) in [6.07, 6.45) is 6.90. The lowest BCUT2D eigenvalue weighted by Gasteiger charge is -2.28. The molecule has 0 aliphatic heterocycles. The molecule has 5 nitrogen and oxygen atoms in total. The van der Waals surface area contributed by atoms with Gasteiger partial charge in [-0.1, -0.05) is 30.2 Å². The van der Waals surface area contributed by atoms with E-state index in [0.29, 0.717) is 22.4 Å². The van der Waals surface area contributed by atoms with Gasteiger partial charge in [-0.2, -0.15) is 5.10 Å². The highest BCUT2D eigenvalue weighted by Crippen LogP contribution is 2.49. The molecule has 1 amide bonds. The van der Waals surface area contributed by atoms with Crippen molar-refractivity contribution in [2.75, 3.05) is 0 Å². The fourth-order valence-corrected chi connectivity index (χ4v) is 4.81. The van der Waals surface area contributed by atoms with Gasteiger partial charge in [-0.15, -0.1) is 0 Å². The minimum Gasteiger partial charge on any atom is -0.470 e. The molecule has 0 radical (unpaired) electrons. The number of aromatic nitrogens is 2. The highest BCUT2D eigenvalue weighted by atomic mass is 35.5. The maximum atomic E-state index is 12.7. The Hall–Kier alpha value is -2.01. The summed E-state index contributed by atoms with van der Waals surface area (Å²) in [5, 5.41) is 7.93. The van der Waals surface area contributed by atoms with Crippen molar-refractivity contribution in [1.29, 1.82) is 0 Å². The number of fused-ring (bicyclic) bond motifs is 2. The van der Waals surface area contributed by atoms with Crippen LogP contribution in [0.4, 0.5) is 0 Å². The second-order valence-corrected chi connectivity index (χ2v) is 7.93. The quantitative estimate of drug-likeness (QED) is 0.828. The van der Waals surface area contributed by atoms with Crippen LogP contribution in [0.1, 0.15) is 43.1 Å². The second-order valence-electron chi connectivity index (χ2n) is 7.52. The summed E-state index contributed by atoms with van der Waals surface area (Å²) in [6, 6.07) is 9.17. The van der Waals surface area contributed by atoms with Crippen LogP contribution in [0.3, 0.4) is 0 Å². The Morgan fingerprint density at radius 2 is 2.19 bits per heavy atom. The molecule has 2 fully saturated rings. The fourth-order valence-electron chi connectivity index (χ4n) is 4.61. The Balaban J connectivity index is 1.38. The number of nitrogens with one attached hydrogen (secondary N) is 1. The van der Waals surface area contributed by atoms with E-state index in [4.69, 9.17) is 16.3 Å². The molecular formula is C20H24ClN3O2. The number of rotatable bonds is 6. The van der Waals surface area contributed by atoms with Gasteiger partial charge in [-0.05, 0) is 62.1 Å². The third-order valence-electron chi connectivity index (χ3n) is 5.92. The molecule has 4 atom stereocenters. The number of carbonyl (C=O) groups excluding carboxylic acids is 1. The third kappa shape index (κ3) is 3.45. The van der Waals surface area contributed by atoms with Gasteiger partial charge in [0.1, 0.15) is 11.4 Å². The van der Waals surface area contributed by atoms with Gasteiger partial charge < -0.3 is 10.1 Å². The van der Waals surface area contributed by atoms with Gasteiger partial charge in [0.2, 0.25) is 0 Å². The molecular weight excluding hydrogens is 350 g/mol. The number of amides is 1. The van der Waals surface area contributed by atoms with Crippen molar-refractivity contribution in [1.82, 2.24) is 15.1 Å². The zero-order valence-corrected chi connectivity index (χ0v) is 15.7. The van der Waals surface area contributed by atoms with Crippen LogP contribution in [-0.4, -0.2) is 21.7 Å². The van der Waals surface area contributed by atoms with Gasteiger partial charge >= 0.3 is 0 Å². The molecule has 6 heteroatoms. The summed E-state index contributed by atoms with van der Waals surface area (Å²) < 4.78 is 7.27. The lowest BCUT2D eigenvalue weighted by Crippen LogP contribution is -2.41. The van der Waals surface area contributed by atoms with Crippen molar-refractivity contribution in [3.8, 4) is 5.75 Å². The Kier molecular flexibility index (Phi) is 4.90. The van der Waals surface area contributed by atoms with Crippen LogP contribution in [0, 0.1) is 17.8 Å². The van der Waals surface area contributed by atoms with E-state index >= 15 is 0 Å². The van der Waals surface area contributed by atoms with Gasteiger partial charge in [-0.25, -0.2) is 4.68 Å². The number of hydrogen-bond donors (Lipinski definition) is 1. The van der Waals surface area contributed by atoms with Crippen LogP contribution in [0.5, 0.6) is 5.75 Å². The third-order valence-corrected chi connectivity index (χ3v) is 6.23. The molecule has 0 saturated heterocycles. The first-order valence-electron chi connectivity index (χ1n) is 9.32. The zero-order chi connectivity index (χ0) is 18.1. The van der Waals surface area contributed by atoms with E-state index in [9.17, 15) is 4.79 Å². The fraction of sp³-hybridized carbons (Fsp3) is 0.500. The van der Waals surface area contributed by atoms with Crippen molar-refractivity contribution in [3.63, 3.8) is 0 Å². The molecule has 1 N–H and O–H groups in total. The number of halogens is 1. The molecule has 2 bridgehead atoms. The van der Waals surface area contributed by atoms with Gasteiger partial charge in [0.15, 0.2) is 6.73 Å². The predicted octanol–water partition coefficient (Wildman–Crippen LogP) is 4.13. The molecule has 26 heavy (non-hydrogen) atoms. The summed E-state index contributed by atoms with van der Waals surface area (Å²) in [5.41, 5.74) is 0.507. The van der Waals surface area contributed by atoms with Crippen LogP contribution in [0.25, 0.3) is 0 Å². The summed E-state index contributed by atoms with van der Waals surface area (Å²) in [6.45, 7) is 2.27. The van der Waals surface area contributed by atoms with Crippen molar-refractivity contribution < 1.29 is 9.53 Å². The van der Waals surface area contributed by atoms with Crippen molar-refractivity contribution >= 4 is 17.5 Å². The van der Waals surface area contributed by atoms with Gasteiger partial charge in [0, 0.05) is 12.2 Å². The van der Waals surface area contributed by atoms with Crippen molar-refractivity contribution in [2.45, 2.75) is 45.4 Å². The molecule has 2 aliphatic rings. The van der Waals surface area contributed by atoms with E-state index in [0.717, 1.165) is 11.8 Å². The molecule has 1 aromatic heterocycles. The maximum Gasteiger partial charge on any atom is 0.269 e. The summed E-state index contributed by atoms with van der Waals surface area (Å²) in [7, 11) is 0. The van der Waals surface area contributed by atoms with Crippen LogP contribution in [-0.2, 0) is 6.73 Å². The summed E-state index contributed by atoms with van der Waals surface area (Å²) in [5.74, 6) is 2.74. The molecule has 138 valence electrons. The Bertz CT molecular complexity index is 791. The van der Waals surface area contributed by atoms with Crippen LogP contribution in [0.15, 0.2) is 36.5 Å². The highest BCUT2D eigenvalue weighted by molar-refractivity contribution is 6.32. The topological polar surface area (TPSA) is 56.2 Å². The molecule has 2 aromatic rings. The van der Waals surface area contributed by atoms with E-state index in [-0.39, 0.29) is 18.7 Å². The average Bonchev–Trinajstić information content (AvgIpc) is 3.37. The van der Waals surface area contributed by atoms with Crippen LogP contribution < -0.4 is 10.1 Å². The normalized spacial score (nSPS) is 25.2. The molecule has 4 rings (SSSR count). The van der Waals surface area contributed by atoms with Crippen LogP contribution >= 0.6 is 11.6 Å². The standard InChI is InChI=1S/C20H24ClN3O2/c1-13(16-11-14-6-7-15(16)10-14)23-20(25)18-8-9-22-24(18)12-26-19-5-3-2-4-17(19)21/h2-5,8-9,13-16H,6-7,10-12H2,1H3,(H,23,25). The highest BCUT2D eigenvalue weighted by Gasteiger charge is 2.42. The van der Waals surface area contributed by atoms with Crippen LogP contribution in [0.2, 0.25) is 5.02 Å². The van der Waals surface area contributed by atoms with E-state index in [2.05, 4.69) is 17.3 Å². The summed E-state index contributed by atoms with van der Waals surface area (Å²) >= 11 is 6.11. The maximum absolute atomic E-state index is 12.7. The van der Waals surface area contributed by atoms with Crippen molar-refractivity contribution in [3.05, 3.63) is 47.2 Å². The molecule has 2 saturated carbocycles. The minimum atomic E-state index is -0.0967.